The summed E-state index contributed by atoms with van der Waals surface area (Å²) in [5.41, 5.74) is 1.90. The van der Waals surface area contributed by atoms with Gasteiger partial charge in [-0.3, -0.25) is 14.9 Å². The van der Waals surface area contributed by atoms with Crippen LogP contribution >= 0.6 is 0 Å². The molecule has 2 rings (SSSR count). The number of rotatable bonds is 8. The third-order valence-electron chi connectivity index (χ3n) is 3.94. The molecule has 0 radical (unpaired) electrons. The number of hydrogen-bond acceptors (Lipinski definition) is 5. The van der Waals surface area contributed by atoms with Crippen LogP contribution in [-0.4, -0.2) is 24.5 Å². The number of carbonyl (C=O) groups excluding carboxylic acids is 1. The molecule has 0 aliphatic heterocycles. The van der Waals surface area contributed by atoms with E-state index in [2.05, 4.69) is 5.32 Å². The van der Waals surface area contributed by atoms with Crippen LogP contribution in [0.15, 0.2) is 42.5 Å². The fourth-order valence-electron chi connectivity index (χ4n) is 2.49. The van der Waals surface area contributed by atoms with E-state index < -0.39 is 4.92 Å². The number of nitro groups is 1. The van der Waals surface area contributed by atoms with Gasteiger partial charge in [-0.05, 0) is 31.0 Å². The van der Waals surface area contributed by atoms with Crippen molar-refractivity contribution in [1.82, 2.24) is 5.32 Å². The highest BCUT2D eigenvalue weighted by atomic mass is 16.6. The van der Waals surface area contributed by atoms with Gasteiger partial charge in [-0.15, -0.1) is 0 Å². The molecule has 138 valence electrons. The van der Waals surface area contributed by atoms with Crippen LogP contribution in [-0.2, 0) is 4.79 Å². The van der Waals surface area contributed by atoms with E-state index in [0.29, 0.717) is 5.75 Å². The first-order valence-electron chi connectivity index (χ1n) is 8.25. The van der Waals surface area contributed by atoms with E-state index in [1.807, 2.05) is 38.1 Å². The predicted octanol–water partition coefficient (Wildman–Crippen LogP) is 3.56. The molecule has 1 amide bonds. The lowest BCUT2D eigenvalue weighted by Crippen LogP contribution is -2.32. The number of carbonyl (C=O) groups is 1. The summed E-state index contributed by atoms with van der Waals surface area (Å²) >= 11 is 0. The Bertz CT molecular complexity index is 774. The van der Waals surface area contributed by atoms with E-state index in [-0.39, 0.29) is 30.0 Å². The van der Waals surface area contributed by atoms with E-state index in [4.69, 9.17) is 9.47 Å². The number of nitro benzene ring substituents is 1. The van der Waals surface area contributed by atoms with Gasteiger partial charge in [0.1, 0.15) is 5.75 Å². The summed E-state index contributed by atoms with van der Waals surface area (Å²) in [6.45, 7) is 3.66. The standard InChI is InChI=1S/C19H22N2O5/c1-4-16(14-7-5-13(2)6-8-14)20-19(22)12-26-18-10-9-15(25-3)11-17(18)21(23)24/h5-11,16H,4,12H2,1-3H3,(H,20,22)/t16-/m0/s1. The normalized spacial score (nSPS) is 11.5. The Morgan fingerprint density at radius 3 is 2.50 bits per heavy atom. The second-order valence-corrected chi connectivity index (χ2v) is 5.82. The van der Waals surface area contributed by atoms with Gasteiger partial charge in [0.15, 0.2) is 12.4 Å². The predicted molar refractivity (Wildman–Crippen MR) is 97.5 cm³/mol. The zero-order chi connectivity index (χ0) is 19.1. The van der Waals surface area contributed by atoms with Crippen molar-refractivity contribution in [3.8, 4) is 11.5 Å². The van der Waals surface area contributed by atoms with Gasteiger partial charge >= 0.3 is 5.69 Å². The Kier molecular flexibility index (Phi) is 6.54. The van der Waals surface area contributed by atoms with Gasteiger partial charge in [0, 0.05) is 0 Å². The Labute approximate surface area is 152 Å². The number of methoxy groups -OCH3 is 1. The first-order chi connectivity index (χ1) is 12.4. The molecule has 0 bridgehead atoms. The lowest BCUT2D eigenvalue weighted by Gasteiger charge is -2.18. The second-order valence-electron chi connectivity index (χ2n) is 5.82. The molecule has 7 heteroatoms. The van der Waals surface area contributed by atoms with Crippen LogP contribution in [0.3, 0.4) is 0 Å². The maximum atomic E-state index is 12.2. The minimum Gasteiger partial charge on any atom is -0.496 e. The average molecular weight is 358 g/mol. The van der Waals surface area contributed by atoms with Gasteiger partial charge in [0.25, 0.3) is 5.91 Å². The van der Waals surface area contributed by atoms with E-state index >= 15 is 0 Å². The van der Waals surface area contributed by atoms with E-state index in [9.17, 15) is 14.9 Å². The summed E-state index contributed by atoms with van der Waals surface area (Å²) in [4.78, 5) is 22.8. The van der Waals surface area contributed by atoms with Crippen molar-refractivity contribution in [3.63, 3.8) is 0 Å². The molecule has 0 spiro atoms. The molecule has 0 unspecified atom stereocenters. The van der Waals surface area contributed by atoms with Crippen molar-refractivity contribution in [2.24, 2.45) is 0 Å². The van der Waals surface area contributed by atoms with Crippen LogP contribution in [0.5, 0.6) is 11.5 Å². The number of hydrogen-bond donors (Lipinski definition) is 1. The first kappa shape index (κ1) is 19.2. The fourth-order valence-corrected chi connectivity index (χ4v) is 2.49. The van der Waals surface area contributed by atoms with Crippen molar-refractivity contribution in [3.05, 3.63) is 63.7 Å². The quantitative estimate of drug-likeness (QED) is 0.575. The van der Waals surface area contributed by atoms with Crippen LogP contribution in [0.4, 0.5) is 5.69 Å². The SMILES string of the molecule is CC[C@H](NC(=O)COc1ccc(OC)cc1[N+](=O)[O-])c1ccc(C)cc1. The summed E-state index contributed by atoms with van der Waals surface area (Å²) in [6.07, 6.45) is 0.720. The van der Waals surface area contributed by atoms with Crippen LogP contribution in [0.2, 0.25) is 0 Å². The smallest absolute Gasteiger partial charge is 0.314 e. The Morgan fingerprint density at radius 2 is 1.92 bits per heavy atom. The molecule has 0 aromatic heterocycles. The minimum absolute atomic E-state index is 0.0225. The van der Waals surface area contributed by atoms with Crippen molar-refractivity contribution in [2.45, 2.75) is 26.3 Å². The molecule has 1 atom stereocenters. The van der Waals surface area contributed by atoms with Gasteiger partial charge in [-0.1, -0.05) is 36.8 Å². The van der Waals surface area contributed by atoms with Gasteiger partial charge in [0.05, 0.1) is 24.1 Å². The van der Waals surface area contributed by atoms with Crippen LogP contribution in [0.25, 0.3) is 0 Å². The largest absolute Gasteiger partial charge is 0.496 e. The van der Waals surface area contributed by atoms with Gasteiger partial charge in [0.2, 0.25) is 0 Å². The highest BCUT2D eigenvalue weighted by Crippen LogP contribution is 2.31. The topological polar surface area (TPSA) is 90.7 Å². The molecule has 1 N–H and O–H groups in total. The molecule has 0 saturated heterocycles. The second kappa shape index (κ2) is 8.84. The Morgan fingerprint density at radius 1 is 1.23 bits per heavy atom. The third-order valence-corrected chi connectivity index (χ3v) is 3.94. The third kappa shape index (κ3) is 4.95. The van der Waals surface area contributed by atoms with Gasteiger partial charge in [-0.25, -0.2) is 0 Å². The lowest BCUT2D eigenvalue weighted by atomic mass is 10.0. The van der Waals surface area contributed by atoms with Crippen LogP contribution < -0.4 is 14.8 Å². The maximum absolute atomic E-state index is 12.2. The number of aryl methyl sites for hydroxylation is 1. The molecule has 2 aromatic carbocycles. The lowest BCUT2D eigenvalue weighted by molar-refractivity contribution is -0.385. The van der Waals surface area contributed by atoms with E-state index in [1.165, 1.54) is 19.2 Å². The van der Waals surface area contributed by atoms with Crippen LogP contribution in [0, 0.1) is 17.0 Å². The zero-order valence-corrected chi connectivity index (χ0v) is 15.0. The molecule has 0 fully saturated rings. The Balaban J connectivity index is 2.01. The van der Waals surface area contributed by atoms with Crippen molar-refractivity contribution >= 4 is 11.6 Å². The van der Waals surface area contributed by atoms with Crippen molar-refractivity contribution in [2.75, 3.05) is 13.7 Å². The molecule has 26 heavy (non-hydrogen) atoms. The summed E-state index contributed by atoms with van der Waals surface area (Å²) in [7, 11) is 1.42. The maximum Gasteiger partial charge on any atom is 0.314 e. The zero-order valence-electron chi connectivity index (χ0n) is 15.0. The van der Waals surface area contributed by atoms with Crippen LogP contribution in [0.1, 0.15) is 30.5 Å². The van der Waals surface area contributed by atoms with Gasteiger partial charge < -0.3 is 14.8 Å². The number of ether oxygens (including phenoxy) is 2. The summed E-state index contributed by atoms with van der Waals surface area (Å²) in [5.74, 6) is 0.0239. The molecule has 7 nitrogen and oxygen atoms in total. The highest BCUT2D eigenvalue weighted by Gasteiger charge is 2.19. The molecule has 0 saturated carbocycles. The number of nitrogens with one attached hydrogen (secondary N) is 1. The summed E-state index contributed by atoms with van der Waals surface area (Å²) in [5, 5.41) is 14.0. The molecular weight excluding hydrogens is 336 g/mol. The minimum atomic E-state index is -0.573. The molecule has 2 aromatic rings. The number of nitrogens with zero attached hydrogens (tertiary/aromatic N) is 1. The molecule has 0 aliphatic carbocycles. The summed E-state index contributed by atoms with van der Waals surface area (Å²) < 4.78 is 10.3. The monoisotopic (exact) mass is 358 g/mol. The number of amides is 1. The summed E-state index contributed by atoms with van der Waals surface area (Å²) in [6, 6.07) is 12.0. The van der Waals surface area contributed by atoms with Gasteiger partial charge in [-0.2, -0.15) is 0 Å². The Hall–Kier alpha value is -3.09. The highest BCUT2D eigenvalue weighted by molar-refractivity contribution is 5.78. The van der Waals surface area contributed by atoms with E-state index in [1.54, 1.807) is 6.07 Å². The van der Waals surface area contributed by atoms with Crippen molar-refractivity contribution < 1.29 is 19.2 Å². The van der Waals surface area contributed by atoms with Crippen molar-refractivity contribution in [1.29, 1.82) is 0 Å². The fraction of sp³-hybridized carbons (Fsp3) is 0.316. The molecule has 0 heterocycles. The van der Waals surface area contributed by atoms with E-state index in [0.717, 1.165) is 17.5 Å². The first-order valence-corrected chi connectivity index (χ1v) is 8.25. The molecule has 0 aliphatic rings. The molecular formula is C19H22N2O5. The number of benzene rings is 2. The average Bonchev–Trinajstić information content (AvgIpc) is 2.65.